The van der Waals surface area contributed by atoms with E-state index in [0.717, 1.165) is 36.4 Å². The fraction of sp³-hybridized carbons (Fsp3) is 0.632. The minimum Gasteiger partial charge on any atom is -0.486 e. The Morgan fingerprint density at radius 2 is 2.00 bits per heavy atom. The second kappa shape index (κ2) is 9.43. The summed E-state index contributed by atoms with van der Waals surface area (Å²) >= 11 is 0. The molecular formula is C19H29NO3. The number of rotatable bonds is 9. The highest BCUT2D eigenvalue weighted by atomic mass is 16.6. The molecule has 1 amide bonds. The average molecular weight is 319 g/mol. The molecule has 1 aromatic rings. The highest BCUT2D eigenvalue weighted by Crippen LogP contribution is 2.31. The molecule has 0 saturated carbocycles. The number of nitrogens with one attached hydrogen (secondary N) is 1. The highest BCUT2D eigenvalue weighted by molar-refractivity contribution is 5.76. The first-order valence-corrected chi connectivity index (χ1v) is 8.88. The van der Waals surface area contributed by atoms with Gasteiger partial charge in [-0.05, 0) is 36.5 Å². The van der Waals surface area contributed by atoms with Crippen molar-refractivity contribution in [2.45, 2.75) is 52.4 Å². The number of hydrogen-bond acceptors (Lipinski definition) is 3. The van der Waals surface area contributed by atoms with Gasteiger partial charge in [-0.25, -0.2) is 0 Å². The Morgan fingerprint density at radius 3 is 2.74 bits per heavy atom. The van der Waals surface area contributed by atoms with Gasteiger partial charge in [0.25, 0.3) is 0 Å². The Morgan fingerprint density at radius 1 is 1.22 bits per heavy atom. The molecule has 4 heteroatoms. The fourth-order valence-electron chi connectivity index (χ4n) is 2.79. The van der Waals surface area contributed by atoms with Crippen molar-refractivity contribution < 1.29 is 14.3 Å². The third kappa shape index (κ3) is 5.77. The summed E-state index contributed by atoms with van der Waals surface area (Å²) in [5, 5.41) is 3.08. The Bertz CT molecular complexity index is 501. The number of carbonyl (C=O) groups excluding carboxylic acids is 1. The number of ether oxygens (including phenoxy) is 2. The molecule has 1 aromatic carbocycles. The minimum absolute atomic E-state index is 0.134. The number of benzene rings is 1. The summed E-state index contributed by atoms with van der Waals surface area (Å²) in [5.74, 6) is 2.33. The van der Waals surface area contributed by atoms with Crippen LogP contribution in [0, 0.1) is 5.92 Å². The molecule has 0 fully saturated rings. The topological polar surface area (TPSA) is 47.6 Å². The molecule has 23 heavy (non-hydrogen) atoms. The van der Waals surface area contributed by atoms with E-state index in [-0.39, 0.29) is 5.91 Å². The maximum Gasteiger partial charge on any atom is 0.220 e. The van der Waals surface area contributed by atoms with E-state index >= 15 is 0 Å². The van der Waals surface area contributed by atoms with Crippen LogP contribution in [0.1, 0.15) is 51.5 Å². The zero-order chi connectivity index (χ0) is 16.5. The molecule has 0 saturated heterocycles. The lowest BCUT2D eigenvalue weighted by molar-refractivity contribution is -0.121. The molecule has 1 aliphatic rings. The van der Waals surface area contributed by atoms with Gasteiger partial charge < -0.3 is 14.8 Å². The van der Waals surface area contributed by atoms with Crippen LogP contribution in [-0.2, 0) is 11.2 Å². The van der Waals surface area contributed by atoms with E-state index < -0.39 is 0 Å². The van der Waals surface area contributed by atoms with Crippen LogP contribution in [0.5, 0.6) is 11.5 Å². The summed E-state index contributed by atoms with van der Waals surface area (Å²) in [7, 11) is 0. The molecule has 1 aliphatic heterocycles. The average Bonchev–Trinajstić information content (AvgIpc) is 2.60. The van der Waals surface area contributed by atoms with Gasteiger partial charge in [-0.15, -0.1) is 0 Å². The van der Waals surface area contributed by atoms with Gasteiger partial charge in [0.05, 0.1) is 0 Å². The molecule has 0 aromatic heterocycles. The van der Waals surface area contributed by atoms with Crippen LogP contribution >= 0.6 is 0 Å². The molecule has 2 rings (SSSR count). The van der Waals surface area contributed by atoms with E-state index in [2.05, 4.69) is 19.2 Å². The van der Waals surface area contributed by atoms with E-state index in [9.17, 15) is 4.79 Å². The van der Waals surface area contributed by atoms with Crippen LogP contribution in [-0.4, -0.2) is 25.7 Å². The Kier molecular flexibility index (Phi) is 7.24. The molecule has 0 aliphatic carbocycles. The molecule has 1 N–H and O–H groups in total. The zero-order valence-electron chi connectivity index (χ0n) is 14.4. The van der Waals surface area contributed by atoms with E-state index in [4.69, 9.17) is 9.47 Å². The largest absolute Gasteiger partial charge is 0.486 e. The molecule has 0 bridgehead atoms. The van der Waals surface area contributed by atoms with Gasteiger partial charge in [0.15, 0.2) is 11.5 Å². The first kappa shape index (κ1) is 17.6. The Labute approximate surface area is 139 Å². The van der Waals surface area contributed by atoms with Gasteiger partial charge in [0.2, 0.25) is 5.91 Å². The molecule has 1 atom stereocenters. The smallest absolute Gasteiger partial charge is 0.220 e. The fourth-order valence-corrected chi connectivity index (χ4v) is 2.79. The number of carbonyl (C=O) groups is 1. The van der Waals surface area contributed by atoms with E-state index in [0.29, 0.717) is 25.6 Å². The molecule has 1 unspecified atom stereocenters. The minimum atomic E-state index is 0.134. The lowest BCUT2D eigenvalue weighted by atomic mass is 9.99. The molecule has 128 valence electrons. The predicted molar refractivity (Wildman–Crippen MR) is 92.1 cm³/mol. The van der Waals surface area contributed by atoms with Crippen LogP contribution < -0.4 is 14.8 Å². The third-order valence-corrected chi connectivity index (χ3v) is 4.38. The summed E-state index contributed by atoms with van der Waals surface area (Å²) in [6, 6.07) is 5.92. The number of fused-ring (bicyclic) bond motifs is 1. The first-order valence-electron chi connectivity index (χ1n) is 8.88. The second-order valence-electron chi connectivity index (χ2n) is 6.20. The monoisotopic (exact) mass is 319 g/mol. The van der Waals surface area contributed by atoms with Crippen LogP contribution in [0.2, 0.25) is 0 Å². The Balaban J connectivity index is 1.73. The molecule has 0 radical (unpaired) electrons. The van der Waals surface area contributed by atoms with Gasteiger partial charge in [-0.1, -0.05) is 39.2 Å². The summed E-state index contributed by atoms with van der Waals surface area (Å²) in [6.45, 7) is 6.40. The number of aryl methyl sites for hydroxylation is 1. The van der Waals surface area contributed by atoms with Gasteiger partial charge in [-0.3, -0.25) is 4.79 Å². The van der Waals surface area contributed by atoms with E-state index in [1.54, 1.807) is 0 Å². The van der Waals surface area contributed by atoms with Crippen molar-refractivity contribution in [2.24, 2.45) is 5.92 Å². The quantitative estimate of drug-likeness (QED) is 0.754. The van der Waals surface area contributed by atoms with Crippen molar-refractivity contribution in [2.75, 3.05) is 19.8 Å². The zero-order valence-corrected chi connectivity index (χ0v) is 14.4. The van der Waals surface area contributed by atoms with Crippen LogP contribution in [0.3, 0.4) is 0 Å². The van der Waals surface area contributed by atoms with Crippen molar-refractivity contribution in [1.82, 2.24) is 5.32 Å². The summed E-state index contributed by atoms with van der Waals surface area (Å²) in [4.78, 5) is 12.0. The van der Waals surface area contributed by atoms with Gasteiger partial charge in [0.1, 0.15) is 13.2 Å². The third-order valence-electron chi connectivity index (χ3n) is 4.38. The summed E-state index contributed by atoms with van der Waals surface area (Å²) in [5.41, 5.74) is 1.11. The van der Waals surface area contributed by atoms with E-state index in [1.165, 1.54) is 19.3 Å². The predicted octanol–water partition coefficient (Wildman–Crippen LogP) is 3.72. The number of amides is 1. The normalized spacial score (nSPS) is 14.3. The number of hydrogen-bond donors (Lipinski definition) is 1. The van der Waals surface area contributed by atoms with Crippen LogP contribution in [0.4, 0.5) is 0 Å². The maximum absolute atomic E-state index is 12.0. The molecular weight excluding hydrogens is 290 g/mol. The van der Waals surface area contributed by atoms with Crippen LogP contribution in [0.25, 0.3) is 0 Å². The Hall–Kier alpha value is -1.71. The van der Waals surface area contributed by atoms with Crippen molar-refractivity contribution in [1.29, 1.82) is 0 Å². The summed E-state index contributed by atoms with van der Waals surface area (Å²) in [6.07, 6.45) is 6.04. The van der Waals surface area contributed by atoms with Gasteiger partial charge in [0, 0.05) is 13.0 Å². The SMILES string of the molecule is CCCCC(CC)CNC(=O)CCc1ccc2c(c1)OCCO2. The van der Waals surface area contributed by atoms with Crippen molar-refractivity contribution in [3.63, 3.8) is 0 Å². The molecule has 1 heterocycles. The molecule has 0 spiro atoms. The molecule has 4 nitrogen and oxygen atoms in total. The van der Waals surface area contributed by atoms with Gasteiger partial charge >= 0.3 is 0 Å². The number of unbranched alkanes of at least 4 members (excludes halogenated alkanes) is 1. The lowest BCUT2D eigenvalue weighted by Gasteiger charge is -2.19. The summed E-state index contributed by atoms with van der Waals surface area (Å²) < 4.78 is 11.1. The first-order chi connectivity index (χ1) is 11.2. The van der Waals surface area contributed by atoms with Crippen molar-refractivity contribution >= 4 is 5.91 Å². The second-order valence-corrected chi connectivity index (χ2v) is 6.20. The van der Waals surface area contributed by atoms with Gasteiger partial charge in [-0.2, -0.15) is 0 Å². The van der Waals surface area contributed by atoms with E-state index in [1.807, 2.05) is 18.2 Å². The van der Waals surface area contributed by atoms with Crippen LogP contribution in [0.15, 0.2) is 18.2 Å². The highest BCUT2D eigenvalue weighted by Gasteiger charge is 2.13. The lowest BCUT2D eigenvalue weighted by Crippen LogP contribution is -2.29. The maximum atomic E-state index is 12.0. The van der Waals surface area contributed by atoms with Crippen molar-refractivity contribution in [3.8, 4) is 11.5 Å². The van der Waals surface area contributed by atoms with Crippen molar-refractivity contribution in [3.05, 3.63) is 23.8 Å². The standard InChI is InChI=1S/C19H29NO3/c1-3-5-6-15(4-2)14-20-19(21)10-8-16-7-9-17-18(13-16)23-12-11-22-17/h7,9,13,15H,3-6,8,10-12,14H2,1-2H3,(H,20,21).